The molecule has 3 heterocycles. The van der Waals surface area contributed by atoms with E-state index < -0.39 is 29.5 Å². The molecule has 0 unspecified atom stereocenters. The lowest BCUT2D eigenvalue weighted by Gasteiger charge is -2.33. The van der Waals surface area contributed by atoms with Crippen LogP contribution in [0.15, 0.2) is 42.5 Å². The molecule has 7 heteroatoms. The van der Waals surface area contributed by atoms with Crippen LogP contribution in [0.4, 0.5) is 0 Å². The number of likely N-dealkylation sites (tertiary alicyclic amines) is 1. The second kappa shape index (κ2) is 7.47. The van der Waals surface area contributed by atoms with Gasteiger partial charge in [-0.15, -0.1) is 6.58 Å². The molecule has 1 aromatic carbocycles. The Labute approximate surface area is 175 Å². The van der Waals surface area contributed by atoms with E-state index in [4.69, 9.17) is 14.2 Å². The Bertz CT molecular complexity index is 924. The van der Waals surface area contributed by atoms with Crippen molar-refractivity contribution in [3.8, 4) is 11.5 Å². The molecule has 7 nitrogen and oxygen atoms in total. The minimum atomic E-state index is -0.986. The minimum absolute atomic E-state index is 0.152. The van der Waals surface area contributed by atoms with E-state index in [1.807, 2.05) is 31.2 Å². The number of methoxy groups -OCH3 is 2. The van der Waals surface area contributed by atoms with Crippen LogP contribution < -0.4 is 9.47 Å². The number of hydrogen-bond acceptors (Lipinski definition) is 5. The van der Waals surface area contributed by atoms with E-state index in [9.17, 15) is 14.7 Å². The molecule has 0 aromatic heterocycles. The zero-order valence-electron chi connectivity index (χ0n) is 17.5. The van der Waals surface area contributed by atoms with Crippen molar-refractivity contribution in [3.63, 3.8) is 0 Å². The summed E-state index contributed by atoms with van der Waals surface area (Å²) in [4.78, 5) is 27.1. The van der Waals surface area contributed by atoms with E-state index in [2.05, 4.69) is 6.58 Å². The number of ether oxygens (including phenoxy) is 3. The minimum Gasteiger partial charge on any atom is -0.493 e. The van der Waals surface area contributed by atoms with Crippen molar-refractivity contribution in [2.45, 2.75) is 37.5 Å². The van der Waals surface area contributed by atoms with Crippen molar-refractivity contribution in [3.05, 3.63) is 48.1 Å². The SMILES string of the molecule is C=C(C)C[C@H]1N(CCc2ccc(OC)c(OC)c2)C(=O)[C@@H]2[C@@H](C(=O)O)[C@H]3C=C[C@]21O3. The largest absolute Gasteiger partial charge is 0.493 e. The zero-order valence-corrected chi connectivity index (χ0v) is 17.5. The van der Waals surface area contributed by atoms with Gasteiger partial charge in [-0.3, -0.25) is 9.59 Å². The summed E-state index contributed by atoms with van der Waals surface area (Å²) in [6.45, 7) is 6.40. The molecule has 1 spiro atoms. The summed E-state index contributed by atoms with van der Waals surface area (Å²) >= 11 is 0. The standard InChI is InChI=1S/C23H27NO6/c1-13(2)11-18-23-9-7-16(30-23)19(22(26)27)20(23)21(25)24(18)10-8-14-5-6-15(28-3)17(12-14)29-4/h5-7,9,12,16,18-20H,1,8,10-11H2,2-4H3,(H,26,27)/t16-,18-,19+,20+,23-/m1/s1. The fraction of sp³-hybridized carbons (Fsp3) is 0.478. The fourth-order valence-corrected chi connectivity index (χ4v) is 5.15. The van der Waals surface area contributed by atoms with Gasteiger partial charge in [-0.05, 0) is 37.5 Å². The second-order valence-electron chi connectivity index (χ2n) is 8.28. The van der Waals surface area contributed by atoms with Gasteiger partial charge < -0.3 is 24.2 Å². The van der Waals surface area contributed by atoms with Crippen molar-refractivity contribution in [2.75, 3.05) is 20.8 Å². The maximum absolute atomic E-state index is 13.4. The van der Waals surface area contributed by atoms with E-state index in [1.165, 1.54) is 0 Å². The van der Waals surface area contributed by atoms with Crippen molar-refractivity contribution in [1.82, 2.24) is 4.90 Å². The molecule has 2 saturated heterocycles. The van der Waals surface area contributed by atoms with Crippen LogP contribution in [-0.4, -0.2) is 60.4 Å². The smallest absolute Gasteiger partial charge is 0.310 e. The normalized spacial score (nSPS) is 31.2. The number of amides is 1. The summed E-state index contributed by atoms with van der Waals surface area (Å²) in [6.07, 6.45) is 4.33. The molecular weight excluding hydrogens is 386 g/mol. The average Bonchev–Trinajstić information content (AvgIpc) is 3.35. The van der Waals surface area contributed by atoms with Gasteiger partial charge in [0.1, 0.15) is 11.5 Å². The first kappa shape index (κ1) is 20.5. The highest BCUT2D eigenvalue weighted by Gasteiger charge is 2.70. The van der Waals surface area contributed by atoms with Crippen LogP contribution >= 0.6 is 0 Å². The lowest BCUT2D eigenvalue weighted by Crippen LogP contribution is -2.45. The number of nitrogens with zero attached hydrogens (tertiary/aromatic N) is 1. The summed E-state index contributed by atoms with van der Waals surface area (Å²) in [7, 11) is 3.17. The molecule has 3 aliphatic heterocycles. The highest BCUT2D eigenvalue weighted by atomic mass is 16.5. The summed E-state index contributed by atoms with van der Waals surface area (Å²) in [5.74, 6) is -1.40. The third-order valence-corrected chi connectivity index (χ3v) is 6.45. The van der Waals surface area contributed by atoms with Gasteiger partial charge in [-0.2, -0.15) is 0 Å². The third kappa shape index (κ3) is 2.99. The molecule has 3 aliphatic rings. The van der Waals surface area contributed by atoms with Crippen LogP contribution in [0, 0.1) is 11.8 Å². The van der Waals surface area contributed by atoms with Gasteiger partial charge >= 0.3 is 5.97 Å². The van der Waals surface area contributed by atoms with Crippen molar-refractivity contribution < 1.29 is 28.9 Å². The van der Waals surface area contributed by atoms with E-state index in [-0.39, 0.29) is 11.9 Å². The van der Waals surface area contributed by atoms with Gasteiger partial charge in [0, 0.05) is 6.54 Å². The van der Waals surface area contributed by atoms with Crippen LogP contribution in [0.1, 0.15) is 18.9 Å². The predicted molar refractivity (Wildman–Crippen MR) is 110 cm³/mol. The molecule has 0 radical (unpaired) electrons. The van der Waals surface area contributed by atoms with Gasteiger partial charge in [0.25, 0.3) is 0 Å². The molecule has 160 valence electrons. The van der Waals surface area contributed by atoms with E-state index >= 15 is 0 Å². The number of benzene rings is 1. The zero-order chi connectivity index (χ0) is 21.6. The van der Waals surface area contributed by atoms with Crippen LogP contribution in [0.2, 0.25) is 0 Å². The van der Waals surface area contributed by atoms with Crippen LogP contribution in [0.5, 0.6) is 11.5 Å². The number of aliphatic carboxylic acids is 1. The maximum Gasteiger partial charge on any atom is 0.310 e. The number of carboxylic acids is 1. The van der Waals surface area contributed by atoms with Crippen LogP contribution in [-0.2, 0) is 20.7 Å². The Kier molecular flexibility index (Phi) is 5.10. The van der Waals surface area contributed by atoms with Crippen molar-refractivity contribution in [1.29, 1.82) is 0 Å². The number of carbonyl (C=O) groups is 2. The molecule has 1 N–H and O–H groups in total. The van der Waals surface area contributed by atoms with Gasteiger partial charge in [0.2, 0.25) is 5.91 Å². The van der Waals surface area contributed by atoms with Crippen molar-refractivity contribution >= 4 is 11.9 Å². The number of carboxylic acid groups (broad SMARTS) is 1. The molecule has 0 aliphatic carbocycles. The first-order chi connectivity index (χ1) is 14.3. The summed E-state index contributed by atoms with van der Waals surface area (Å²) in [5.41, 5.74) is 1.04. The topological polar surface area (TPSA) is 85.3 Å². The quantitative estimate of drug-likeness (QED) is 0.659. The summed E-state index contributed by atoms with van der Waals surface area (Å²) in [5, 5.41) is 9.74. The van der Waals surface area contributed by atoms with Gasteiger partial charge in [0.05, 0.1) is 32.3 Å². The summed E-state index contributed by atoms with van der Waals surface area (Å²) in [6, 6.07) is 5.41. The predicted octanol–water partition coefficient (Wildman–Crippen LogP) is 2.45. The van der Waals surface area contributed by atoms with E-state index in [0.29, 0.717) is 30.9 Å². The Hall–Kier alpha value is -2.80. The Morgan fingerprint density at radius 3 is 2.67 bits per heavy atom. The van der Waals surface area contributed by atoms with E-state index in [0.717, 1.165) is 11.1 Å². The fourth-order valence-electron chi connectivity index (χ4n) is 5.15. The van der Waals surface area contributed by atoms with Gasteiger partial charge in [0.15, 0.2) is 11.5 Å². The lowest BCUT2D eigenvalue weighted by atomic mass is 9.74. The molecule has 4 rings (SSSR count). The van der Waals surface area contributed by atoms with Crippen LogP contribution in [0.3, 0.4) is 0 Å². The highest BCUT2D eigenvalue weighted by molar-refractivity contribution is 5.91. The molecule has 2 fully saturated rings. The first-order valence-corrected chi connectivity index (χ1v) is 10.1. The Balaban J connectivity index is 1.61. The lowest BCUT2D eigenvalue weighted by molar-refractivity contribution is -0.148. The monoisotopic (exact) mass is 413 g/mol. The Morgan fingerprint density at radius 1 is 1.30 bits per heavy atom. The first-order valence-electron chi connectivity index (χ1n) is 10.1. The maximum atomic E-state index is 13.4. The highest BCUT2D eigenvalue weighted by Crippen LogP contribution is 2.56. The number of hydrogen-bond donors (Lipinski definition) is 1. The second-order valence-corrected chi connectivity index (χ2v) is 8.28. The molecule has 1 aromatic rings. The molecule has 2 bridgehead atoms. The summed E-state index contributed by atoms with van der Waals surface area (Å²) < 4.78 is 16.8. The molecule has 1 amide bonds. The van der Waals surface area contributed by atoms with E-state index in [1.54, 1.807) is 25.2 Å². The van der Waals surface area contributed by atoms with Gasteiger partial charge in [-0.1, -0.05) is 23.8 Å². The number of rotatable bonds is 8. The Morgan fingerprint density at radius 2 is 2.03 bits per heavy atom. The third-order valence-electron chi connectivity index (χ3n) is 6.45. The average molecular weight is 413 g/mol. The number of fused-ring (bicyclic) bond motifs is 1. The van der Waals surface area contributed by atoms with Crippen LogP contribution in [0.25, 0.3) is 0 Å². The molecule has 0 saturated carbocycles. The number of carbonyl (C=O) groups excluding carboxylic acids is 1. The molecule has 30 heavy (non-hydrogen) atoms. The van der Waals surface area contributed by atoms with Gasteiger partial charge in [-0.25, -0.2) is 0 Å². The molecular formula is C23H27NO6. The molecule has 5 atom stereocenters. The van der Waals surface area contributed by atoms with Crippen molar-refractivity contribution in [2.24, 2.45) is 11.8 Å².